The summed E-state index contributed by atoms with van der Waals surface area (Å²) in [6.45, 7) is 0. The number of nitro groups is 1. The lowest BCUT2D eigenvalue weighted by atomic mass is 10.1. The average molecular weight is 383 g/mol. The maximum absolute atomic E-state index is 10.9. The number of nitrogens with zero attached hydrogens (tertiary/aromatic N) is 4. The number of aliphatic imine (C=N–C) groups is 2. The highest BCUT2D eigenvalue weighted by atomic mass is 16.6. The predicted molar refractivity (Wildman–Crippen MR) is 115 cm³/mol. The van der Waals surface area contributed by atoms with Crippen molar-refractivity contribution in [3.8, 4) is 0 Å². The summed E-state index contributed by atoms with van der Waals surface area (Å²) in [5.41, 5.74) is 6.41. The van der Waals surface area contributed by atoms with Gasteiger partial charge in [0.05, 0.1) is 34.4 Å². The summed E-state index contributed by atoms with van der Waals surface area (Å²) in [5, 5.41) is 12.7. The smallest absolute Gasteiger partial charge is 0.269 e. The molecule has 4 rings (SSSR count). The van der Waals surface area contributed by atoms with E-state index in [1.165, 1.54) is 12.1 Å². The molecule has 7 nitrogen and oxygen atoms in total. The van der Waals surface area contributed by atoms with Crippen LogP contribution in [0.15, 0.2) is 101 Å². The summed E-state index contributed by atoms with van der Waals surface area (Å²) >= 11 is 0. The Kier molecular flexibility index (Phi) is 5.11. The van der Waals surface area contributed by atoms with Gasteiger partial charge in [-0.25, -0.2) is 4.99 Å². The van der Waals surface area contributed by atoms with Crippen molar-refractivity contribution in [3.63, 3.8) is 0 Å². The summed E-state index contributed by atoms with van der Waals surface area (Å²) in [6, 6.07) is 25.6. The highest BCUT2D eigenvalue weighted by Crippen LogP contribution is 2.23. The molecule has 142 valence electrons. The highest BCUT2D eigenvalue weighted by molar-refractivity contribution is 6.31. The fourth-order valence-electron chi connectivity index (χ4n) is 2.80. The van der Waals surface area contributed by atoms with Gasteiger partial charge >= 0.3 is 0 Å². The molecular weight excluding hydrogens is 366 g/mol. The molecule has 0 saturated heterocycles. The summed E-state index contributed by atoms with van der Waals surface area (Å²) in [7, 11) is 0. The molecule has 0 fully saturated rings. The van der Waals surface area contributed by atoms with Gasteiger partial charge in [0.15, 0.2) is 5.84 Å². The van der Waals surface area contributed by atoms with Crippen molar-refractivity contribution < 1.29 is 4.92 Å². The second-order valence-electron chi connectivity index (χ2n) is 6.23. The Hall–Kier alpha value is -4.26. The standard InChI is InChI=1S/C22H17N5O2/c28-27(29)20-13-11-17(12-14-20)21-16-26(19-9-5-2-6-10-19)25-22(15-23-21)24-18-7-3-1-4-8-18/h1-16H,(H,24,25). The summed E-state index contributed by atoms with van der Waals surface area (Å²) in [6.07, 6.45) is 3.48. The van der Waals surface area contributed by atoms with E-state index >= 15 is 0 Å². The first-order chi connectivity index (χ1) is 14.2. The fraction of sp³-hybridized carbons (Fsp3) is 0. The largest absolute Gasteiger partial charge is 0.276 e. The predicted octanol–water partition coefficient (Wildman–Crippen LogP) is 4.72. The van der Waals surface area contributed by atoms with Gasteiger partial charge in [-0.05, 0) is 36.4 Å². The van der Waals surface area contributed by atoms with Crippen molar-refractivity contribution in [2.24, 2.45) is 9.98 Å². The first-order valence-electron chi connectivity index (χ1n) is 8.94. The van der Waals surface area contributed by atoms with Crippen LogP contribution in [0.5, 0.6) is 0 Å². The molecule has 1 N–H and O–H groups in total. The second kappa shape index (κ2) is 8.18. The monoisotopic (exact) mass is 383 g/mol. The molecule has 0 aliphatic carbocycles. The van der Waals surface area contributed by atoms with Gasteiger partial charge in [-0.1, -0.05) is 36.4 Å². The van der Waals surface area contributed by atoms with Gasteiger partial charge in [0, 0.05) is 17.7 Å². The van der Waals surface area contributed by atoms with E-state index in [0.717, 1.165) is 16.9 Å². The van der Waals surface area contributed by atoms with Crippen molar-refractivity contribution in [1.82, 2.24) is 5.43 Å². The fourth-order valence-corrected chi connectivity index (χ4v) is 2.80. The highest BCUT2D eigenvalue weighted by Gasteiger charge is 2.14. The Balaban J connectivity index is 1.73. The van der Waals surface area contributed by atoms with Crippen LogP contribution in [0.1, 0.15) is 5.56 Å². The van der Waals surface area contributed by atoms with Gasteiger partial charge in [-0.3, -0.25) is 25.5 Å². The first-order valence-corrected chi connectivity index (χ1v) is 8.94. The van der Waals surface area contributed by atoms with Crippen LogP contribution in [0.25, 0.3) is 5.70 Å². The lowest BCUT2D eigenvalue weighted by Gasteiger charge is -2.21. The van der Waals surface area contributed by atoms with Crippen molar-refractivity contribution in [2.45, 2.75) is 0 Å². The topological polar surface area (TPSA) is 83.1 Å². The van der Waals surface area contributed by atoms with Gasteiger partial charge in [0.1, 0.15) is 0 Å². The maximum atomic E-state index is 10.9. The minimum absolute atomic E-state index is 0.0383. The second-order valence-corrected chi connectivity index (χ2v) is 6.23. The molecule has 0 aromatic heterocycles. The zero-order valence-corrected chi connectivity index (χ0v) is 15.3. The van der Waals surface area contributed by atoms with E-state index in [1.807, 2.05) is 71.9 Å². The number of nitro benzene ring substituents is 1. The lowest BCUT2D eigenvalue weighted by Crippen LogP contribution is -2.38. The molecule has 0 amide bonds. The summed E-state index contributed by atoms with van der Waals surface area (Å²) in [4.78, 5) is 19.7. The average Bonchev–Trinajstić information content (AvgIpc) is 2.98. The number of para-hydroxylation sites is 2. The third kappa shape index (κ3) is 4.36. The molecule has 3 aromatic rings. The molecule has 1 aliphatic rings. The molecule has 0 spiro atoms. The lowest BCUT2D eigenvalue weighted by molar-refractivity contribution is -0.384. The third-order valence-corrected chi connectivity index (χ3v) is 4.23. The Morgan fingerprint density at radius 1 is 0.897 bits per heavy atom. The number of nitrogens with one attached hydrogen (secondary N) is 1. The van der Waals surface area contributed by atoms with Crippen LogP contribution in [-0.2, 0) is 0 Å². The molecule has 7 heteroatoms. The van der Waals surface area contributed by atoms with Gasteiger partial charge in [-0.15, -0.1) is 0 Å². The quantitative estimate of drug-likeness (QED) is 0.522. The molecule has 0 unspecified atom stereocenters. The van der Waals surface area contributed by atoms with Crippen LogP contribution in [-0.4, -0.2) is 17.0 Å². The minimum atomic E-state index is -0.420. The van der Waals surface area contributed by atoms with Gasteiger partial charge in [0.2, 0.25) is 0 Å². The number of non-ortho nitro benzene ring substituents is 1. The molecule has 1 aliphatic heterocycles. The van der Waals surface area contributed by atoms with E-state index < -0.39 is 4.92 Å². The number of hydrogen-bond donors (Lipinski definition) is 1. The van der Waals surface area contributed by atoms with Crippen molar-refractivity contribution >= 4 is 34.8 Å². The zero-order chi connectivity index (χ0) is 20.1. The van der Waals surface area contributed by atoms with Crippen molar-refractivity contribution in [2.75, 3.05) is 5.01 Å². The van der Waals surface area contributed by atoms with E-state index in [9.17, 15) is 10.1 Å². The van der Waals surface area contributed by atoms with E-state index in [4.69, 9.17) is 0 Å². The molecule has 0 atom stereocenters. The molecule has 0 bridgehead atoms. The Bertz CT molecular complexity index is 1090. The summed E-state index contributed by atoms with van der Waals surface area (Å²) in [5.74, 6) is 0.563. The molecular formula is C22H17N5O2. The number of anilines is 1. The van der Waals surface area contributed by atoms with Crippen molar-refractivity contribution in [3.05, 3.63) is 107 Å². The summed E-state index contributed by atoms with van der Waals surface area (Å²) < 4.78 is 0. The Labute approximate surface area is 167 Å². The van der Waals surface area contributed by atoms with E-state index in [-0.39, 0.29) is 5.69 Å². The maximum Gasteiger partial charge on any atom is 0.269 e. The van der Waals surface area contributed by atoms with Crippen LogP contribution in [0.2, 0.25) is 0 Å². The molecule has 1 heterocycles. The number of benzene rings is 3. The van der Waals surface area contributed by atoms with E-state index in [0.29, 0.717) is 11.5 Å². The van der Waals surface area contributed by atoms with Crippen molar-refractivity contribution in [1.29, 1.82) is 0 Å². The number of hydrogen-bond acceptors (Lipinski definition) is 5. The first kappa shape index (κ1) is 18.1. The Morgan fingerprint density at radius 2 is 1.55 bits per heavy atom. The Morgan fingerprint density at radius 3 is 2.21 bits per heavy atom. The van der Waals surface area contributed by atoms with Gasteiger partial charge in [-0.2, -0.15) is 0 Å². The van der Waals surface area contributed by atoms with Gasteiger partial charge in [0.25, 0.3) is 5.69 Å². The molecule has 3 aromatic carbocycles. The van der Waals surface area contributed by atoms with E-state index in [2.05, 4.69) is 15.4 Å². The van der Waals surface area contributed by atoms with Crippen LogP contribution in [0.3, 0.4) is 0 Å². The van der Waals surface area contributed by atoms with Crippen LogP contribution in [0, 0.1) is 10.1 Å². The normalized spacial score (nSPS) is 14.8. The van der Waals surface area contributed by atoms with Crippen LogP contribution >= 0.6 is 0 Å². The number of hydrazine groups is 1. The number of amidine groups is 1. The number of rotatable bonds is 4. The molecule has 29 heavy (non-hydrogen) atoms. The SMILES string of the molecule is O=[N+]([O-])c1ccc(C2=CN(c3ccccc3)NC(=Nc3ccccc3)C=N2)cc1. The minimum Gasteiger partial charge on any atom is -0.276 e. The van der Waals surface area contributed by atoms with Crippen LogP contribution in [0.4, 0.5) is 17.1 Å². The van der Waals surface area contributed by atoms with E-state index in [1.54, 1.807) is 18.3 Å². The zero-order valence-electron chi connectivity index (χ0n) is 15.3. The molecule has 0 radical (unpaired) electrons. The van der Waals surface area contributed by atoms with Crippen LogP contribution < -0.4 is 10.4 Å². The third-order valence-electron chi connectivity index (χ3n) is 4.23. The van der Waals surface area contributed by atoms with Gasteiger partial charge < -0.3 is 0 Å². The molecule has 0 saturated carbocycles.